The molecule has 1 aromatic heterocycles. The van der Waals surface area contributed by atoms with E-state index in [-0.39, 0.29) is 9.92 Å². The lowest BCUT2D eigenvalue weighted by molar-refractivity contribution is 0.384. The number of para-hydroxylation sites is 1. The number of aromatic nitrogens is 1. The summed E-state index contributed by atoms with van der Waals surface area (Å²) in [6, 6.07) is 11.3. The van der Waals surface area contributed by atoms with Crippen LogP contribution in [-0.4, -0.2) is 51.0 Å². The van der Waals surface area contributed by atoms with Gasteiger partial charge in [-0.3, -0.25) is 0 Å². The van der Waals surface area contributed by atoms with Gasteiger partial charge in [-0.15, -0.1) is 11.3 Å². The summed E-state index contributed by atoms with van der Waals surface area (Å²) in [6.45, 7) is 1.68. The third kappa shape index (κ3) is 4.69. The van der Waals surface area contributed by atoms with Crippen LogP contribution in [0.2, 0.25) is 5.02 Å². The minimum Gasteiger partial charge on any atom is -0.496 e. The number of ether oxygens (including phenoxy) is 1. The van der Waals surface area contributed by atoms with Crippen molar-refractivity contribution >= 4 is 38.1 Å². The molecule has 0 saturated carbocycles. The second kappa shape index (κ2) is 9.12. The molecule has 0 unspecified atom stereocenters. The standard InChI is InChI=1S/C21H21ClFN3O3S2/c1-29-20-5-3-2-4-15(20)12-16-14-30-21(24-16)25-8-10-26(11-9-25)31(27,28)17-6-7-19(23)18(22)13-17/h2-7,13-14H,8-12H2,1H3. The lowest BCUT2D eigenvalue weighted by Crippen LogP contribution is -2.48. The van der Waals surface area contributed by atoms with E-state index in [2.05, 4.69) is 4.90 Å². The Hall–Kier alpha value is -2.20. The maximum Gasteiger partial charge on any atom is 0.243 e. The van der Waals surface area contributed by atoms with E-state index in [4.69, 9.17) is 21.3 Å². The molecule has 1 fully saturated rings. The molecule has 164 valence electrons. The Morgan fingerprint density at radius 3 is 2.61 bits per heavy atom. The van der Waals surface area contributed by atoms with Crippen LogP contribution in [0.1, 0.15) is 11.3 Å². The van der Waals surface area contributed by atoms with Crippen LogP contribution in [0, 0.1) is 5.82 Å². The van der Waals surface area contributed by atoms with E-state index in [1.165, 1.54) is 10.4 Å². The largest absolute Gasteiger partial charge is 0.496 e. The first kappa shape index (κ1) is 22.0. The Morgan fingerprint density at radius 2 is 1.90 bits per heavy atom. The van der Waals surface area contributed by atoms with Crippen LogP contribution in [0.4, 0.5) is 9.52 Å². The monoisotopic (exact) mass is 481 g/mol. The minimum atomic E-state index is -3.73. The summed E-state index contributed by atoms with van der Waals surface area (Å²) < 4.78 is 45.9. The first-order chi connectivity index (χ1) is 14.9. The summed E-state index contributed by atoms with van der Waals surface area (Å²) in [5.41, 5.74) is 2.01. The molecule has 1 saturated heterocycles. The van der Waals surface area contributed by atoms with Gasteiger partial charge in [-0.05, 0) is 24.3 Å². The van der Waals surface area contributed by atoms with Crippen LogP contribution < -0.4 is 9.64 Å². The molecular formula is C21H21ClFN3O3S2. The SMILES string of the molecule is COc1ccccc1Cc1csc(N2CCN(S(=O)(=O)c3ccc(F)c(Cl)c3)CC2)n1. The number of hydrogen-bond acceptors (Lipinski definition) is 6. The average Bonchev–Trinajstić information content (AvgIpc) is 3.24. The predicted octanol–water partition coefficient (Wildman–Crippen LogP) is 4.05. The van der Waals surface area contributed by atoms with Gasteiger partial charge in [-0.1, -0.05) is 29.8 Å². The molecule has 2 heterocycles. The van der Waals surface area contributed by atoms with E-state index in [1.54, 1.807) is 18.4 Å². The van der Waals surface area contributed by atoms with Crippen molar-refractivity contribution in [2.75, 3.05) is 38.2 Å². The molecule has 1 aliphatic rings. The number of nitrogens with zero attached hydrogens (tertiary/aromatic N) is 3. The number of piperazine rings is 1. The second-order valence-electron chi connectivity index (χ2n) is 7.08. The summed E-state index contributed by atoms with van der Waals surface area (Å²) in [6.07, 6.45) is 0.667. The van der Waals surface area contributed by atoms with Crippen molar-refractivity contribution < 1.29 is 17.5 Å². The fraction of sp³-hybridized carbons (Fsp3) is 0.286. The predicted molar refractivity (Wildman–Crippen MR) is 120 cm³/mol. The van der Waals surface area contributed by atoms with Crippen LogP contribution in [0.3, 0.4) is 0 Å². The third-order valence-corrected chi connectivity index (χ3v) is 8.28. The topological polar surface area (TPSA) is 62.7 Å². The Morgan fingerprint density at radius 1 is 1.16 bits per heavy atom. The number of hydrogen-bond donors (Lipinski definition) is 0. The van der Waals surface area contributed by atoms with Crippen LogP contribution in [0.25, 0.3) is 0 Å². The van der Waals surface area contributed by atoms with Gasteiger partial charge in [-0.25, -0.2) is 17.8 Å². The van der Waals surface area contributed by atoms with E-state index >= 15 is 0 Å². The van der Waals surface area contributed by atoms with Gasteiger partial charge in [-0.2, -0.15) is 4.31 Å². The van der Waals surface area contributed by atoms with E-state index in [0.29, 0.717) is 32.6 Å². The van der Waals surface area contributed by atoms with Gasteiger partial charge in [0.05, 0.1) is 22.7 Å². The molecule has 1 aliphatic heterocycles. The molecule has 6 nitrogen and oxygen atoms in total. The molecule has 10 heteroatoms. The number of methoxy groups -OCH3 is 1. The fourth-order valence-corrected chi connectivity index (χ4v) is 6.05. The highest BCUT2D eigenvalue weighted by Gasteiger charge is 2.30. The maximum absolute atomic E-state index is 13.4. The molecule has 0 aliphatic carbocycles. The maximum atomic E-state index is 13.4. The number of thiazole rings is 1. The minimum absolute atomic E-state index is 0.000642. The second-order valence-corrected chi connectivity index (χ2v) is 10.3. The van der Waals surface area contributed by atoms with Crippen LogP contribution in [0.5, 0.6) is 5.75 Å². The van der Waals surface area contributed by atoms with Crippen molar-refractivity contribution in [3.05, 3.63) is 69.9 Å². The molecule has 31 heavy (non-hydrogen) atoms. The highest BCUT2D eigenvalue weighted by atomic mass is 35.5. The number of rotatable bonds is 6. The van der Waals surface area contributed by atoms with Crippen molar-refractivity contribution in [1.82, 2.24) is 9.29 Å². The summed E-state index contributed by atoms with van der Waals surface area (Å²) >= 11 is 7.30. The first-order valence-electron chi connectivity index (χ1n) is 9.65. The van der Waals surface area contributed by atoms with E-state index in [0.717, 1.165) is 34.3 Å². The molecule has 0 bridgehead atoms. The molecule has 3 aromatic rings. The Balaban J connectivity index is 1.42. The molecule has 0 radical (unpaired) electrons. The lowest BCUT2D eigenvalue weighted by atomic mass is 10.1. The smallest absolute Gasteiger partial charge is 0.243 e. The fourth-order valence-electron chi connectivity index (χ4n) is 3.47. The zero-order valence-corrected chi connectivity index (χ0v) is 19.2. The molecule has 4 rings (SSSR count). The summed E-state index contributed by atoms with van der Waals surface area (Å²) in [7, 11) is -2.07. The zero-order chi connectivity index (χ0) is 22.0. The van der Waals surface area contributed by atoms with Crippen molar-refractivity contribution in [1.29, 1.82) is 0 Å². The van der Waals surface area contributed by atoms with E-state index in [1.807, 2.05) is 29.6 Å². The normalized spacial score (nSPS) is 15.3. The van der Waals surface area contributed by atoms with Crippen LogP contribution in [0.15, 0.2) is 52.7 Å². The molecule has 0 N–H and O–H groups in total. The number of sulfonamides is 1. The van der Waals surface area contributed by atoms with Crippen LogP contribution >= 0.6 is 22.9 Å². The summed E-state index contributed by atoms with van der Waals surface area (Å²) in [5.74, 6) is 0.190. The highest BCUT2D eigenvalue weighted by molar-refractivity contribution is 7.89. The van der Waals surface area contributed by atoms with Gasteiger partial charge in [0.25, 0.3) is 0 Å². The quantitative estimate of drug-likeness (QED) is 0.531. The highest BCUT2D eigenvalue weighted by Crippen LogP contribution is 2.28. The first-order valence-corrected chi connectivity index (χ1v) is 12.3. The van der Waals surface area contributed by atoms with Gasteiger partial charge in [0, 0.05) is 43.5 Å². The van der Waals surface area contributed by atoms with E-state index < -0.39 is 15.8 Å². The lowest BCUT2D eigenvalue weighted by Gasteiger charge is -2.33. The number of anilines is 1. The Bertz CT molecular complexity index is 1180. The zero-order valence-electron chi connectivity index (χ0n) is 16.8. The molecule has 0 atom stereocenters. The van der Waals surface area contributed by atoms with Crippen molar-refractivity contribution in [2.24, 2.45) is 0 Å². The van der Waals surface area contributed by atoms with Gasteiger partial charge in [0.1, 0.15) is 11.6 Å². The van der Waals surface area contributed by atoms with E-state index in [9.17, 15) is 12.8 Å². The van der Waals surface area contributed by atoms with Crippen molar-refractivity contribution in [3.8, 4) is 5.75 Å². The molecule has 0 amide bonds. The molecule has 2 aromatic carbocycles. The average molecular weight is 482 g/mol. The van der Waals surface area contributed by atoms with Gasteiger partial charge in [0.2, 0.25) is 10.0 Å². The van der Waals surface area contributed by atoms with Gasteiger partial charge >= 0.3 is 0 Å². The van der Waals surface area contributed by atoms with Crippen LogP contribution in [-0.2, 0) is 16.4 Å². The summed E-state index contributed by atoms with van der Waals surface area (Å²) in [5, 5.41) is 2.68. The van der Waals surface area contributed by atoms with Crippen molar-refractivity contribution in [2.45, 2.75) is 11.3 Å². The number of benzene rings is 2. The number of halogens is 2. The molecule has 0 spiro atoms. The molecular weight excluding hydrogens is 461 g/mol. The Labute approximate surface area is 189 Å². The summed E-state index contributed by atoms with van der Waals surface area (Å²) in [4.78, 5) is 6.82. The van der Waals surface area contributed by atoms with Gasteiger partial charge < -0.3 is 9.64 Å². The van der Waals surface area contributed by atoms with Gasteiger partial charge in [0.15, 0.2) is 5.13 Å². The third-order valence-electron chi connectivity index (χ3n) is 5.14. The Kier molecular flexibility index (Phi) is 6.47. The van der Waals surface area contributed by atoms with Crippen molar-refractivity contribution in [3.63, 3.8) is 0 Å².